The first-order valence-electron chi connectivity index (χ1n) is 6.05. The molecule has 0 radical (unpaired) electrons. The molecule has 1 N–H and O–H groups in total. The molecule has 0 spiro atoms. The zero-order chi connectivity index (χ0) is 11.7. The standard InChI is InChI=1S/C14H20FN/c1-9-6-12(7-10(2)14(9)15)13(16-3)8-11-4-5-11/h6-7,11,13,16H,4-5,8H2,1-3H3. The number of rotatable bonds is 4. The average Bonchev–Trinajstić information content (AvgIpc) is 3.05. The topological polar surface area (TPSA) is 12.0 Å². The van der Waals surface area contributed by atoms with Crippen LogP contribution >= 0.6 is 0 Å². The van der Waals surface area contributed by atoms with Crippen LogP contribution in [0, 0.1) is 25.6 Å². The fourth-order valence-electron chi connectivity index (χ4n) is 2.29. The summed E-state index contributed by atoms with van der Waals surface area (Å²) in [5.41, 5.74) is 2.74. The Morgan fingerprint density at radius 2 is 1.88 bits per heavy atom. The van der Waals surface area contributed by atoms with Crippen LogP contribution < -0.4 is 5.32 Å². The summed E-state index contributed by atoms with van der Waals surface area (Å²) < 4.78 is 13.5. The summed E-state index contributed by atoms with van der Waals surface area (Å²) in [6.07, 6.45) is 3.90. The Labute approximate surface area is 97.1 Å². The number of halogens is 1. The van der Waals surface area contributed by atoms with Crippen LogP contribution in [0.15, 0.2) is 12.1 Å². The predicted molar refractivity (Wildman–Crippen MR) is 65.0 cm³/mol. The van der Waals surface area contributed by atoms with Crippen molar-refractivity contribution in [2.24, 2.45) is 5.92 Å². The highest BCUT2D eigenvalue weighted by Gasteiger charge is 2.25. The highest BCUT2D eigenvalue weighted by atomic mass is 19.1. The van der Waals surface area contributed by atoms with Gasteiger partial charge in [0.25, 0.3) is 0 Å². The molecule has 0 amide bonds. The third-order valence-corrected chi connectivity index (χ3v) is 3.48. The van der Waals surface area contributed by atoms with E-state index < -0.39 is 0 Å². The summed E-state index contributed by atoms with van der Waals surface area (Å²) >= 11 is 0. The lowest BCUT2D eigenvalue weighted by Crippen LogP contribution is -2.17. The van der Waals surface area contributed by atoms with Gasteiger partial charge in [-0.05, 0) is 49.9 Å². The van der Waals surface area contributed by atoms with Crippen LogP contribution in [0.1, 0.15) is 42.0 Å². The van der Waals surface area contributed by atoms with Crippen LogP contribution in [-0.2, 0) is 0 Å². The van der Waals surface area contributed by atoms with E-state index in [1.807, 2.05) is 33.0 Å². The van der Waals surface area contributed by atoms with Crippen LogP contribution in [0.3, 0.4) is 0 Å². The number of hydrogen-bond donors (Lipinski definition) is 1. The van der Waals surface area contributed by atoms with Gasteiger partial charge in [0.1, 0.15) is 5.82 Å². The number of hydrogen-bond acceptors (Lipinski definition) is 1. The second-order valence-electron chi connectivity index (χ2n) is 4.99. The van der Waals surface area contributed by atoms with E-state index in [9.17, 15) is 4.39 Å². The second kappa shape index (κ2) is 4.54. The van der Waals surface area contributed by atoms with Gasteiger partial charge in [-0.15, -0.1) is 0 Å². The molecule has 0 bridgehead atoms. The molecule has 0 saturated heterocycles. The Morgan fingerprint density at radius 3 is 2.31 bits per heavy atom. The van der Waals surface area contributed by atoms with Crippen molar-refractivity contribution in [3.63, 3.8) is 0 Å². The van der Waals surface area contributed by atoms with Crippen molar-refractivity contribution in [3.8, 4) is 0 Å². The molecular formula is C14H20FN. The zero-order valence-corrected chi connectivity index (χ0v) is 10.3. The predicted octanol–water partition coefficient (Wildman–Crippen LogP) is 3.50. The summed E-state index contributed by atoms with van der Waals surface area (Å²) in [7, 11) is 1.99. The Hall–Kier alpha value is -0.890. The van der Waals surface area contributed by atoms with Crippen molar-refractivity contribution in [2.75, 3.05) is 7.05 Å². The quantitative estimate of drug-likeness (QED) is 0.820. The first-order valence-corrected chi connectivity index (χ1v) is 6.05. The fourth-order valence-corrected chi connectivity index (χ4v) is 2.29. The van der Waals surface area contributed by atoms with E-state index in [0.29, 0.717) is 6.04 Å². The summed E-state index contributed by atoms with van der Waals surface area (Å²) in [5, 5.41) is 3.34. The maximum atomic E-state index is 13.5. The van der Waals surface area contributed by atoms with Crippen LogP contribution in [0.4, 0.5) is 4.39 Å². The molecule has 0 aliphatic heterocycles. The number of benzene rings is 1. The molecule has 1 aromatic rings. The van der Waals surface area contributed by atoms with Gasteiger partial charge in [-0.2, -0.15) is 0 Å². The summed E-state index contributed by atoms with van der Waals surface area (Å²) in [6.45, 7) is 3.69. The molecule has 1 saturated carbocycles. The molecule has 88 valence electrons. The Morgan fingerprint density at radius 1 is 1.31 bits per heavy atom. The fraction of sp³-hybridized carbons (Fsp3) is 0.571. The van der Waals surface area contributed by atoms with E-state index in [4.69, 9.17) is 0 Å². The number of nitrogens with one attached hydrogen (secondary N) is 1. The van der Waals surface area contributed by atoms with Gasteiger partial charge in [0, 0.05) is 6.04 Å². The molecule has 2 heteroatoms. The molecular weight excluding hydrogens is 201 g/mol. The molecule has 1 aliphatic rings. The third-order valence-electron chi connectivity index (χ3n) is 3.48. The van der Waals surface area contributed by atoms with Crippen molar-refractivity contribution in [3.05, 3.63) is 34.6 Å². The lowest BCUT2D eigenvalue weighted by Gasteiger charge is -2.18. The van der Waals surface area contributed by atoms with E-state index in [1.54, 1.807) is 0 Å². The van der Waals surface area contributed by atoms with E-state index in [0.717, 1.165) is 17.0 Å². The second-order valence-corrected chi connectivity index (χ2v) is 4.99. The largest absolute Gasteiger partial charge is 0.313 e. The Kier molecular flexibility index (Phi) is 3.29. The third kappa shape index (κ3) is 2.43. The molecule has 1 unspecified atom stereocenters. The average molecular weight is 221 g/mol. The highest BCUT2D eigenvalue weighted by Crippen LogP contribution is 2.37. The molecule has 0 heterocycles. The monoisotopic (exact) mass is 221 g/mol. The minimum atomic E-state index is -0.0648. The first kappa shape index (κ1) is 11.6. The lowest BCUT2D eigenvalue weighted by molar-refractivity contribution is 0.511. The van der Waals surface area contributed by atoms with Gasteiger partial charge in [-0.3, -0.25) is 0 Å². The van der Waals surface area contributed by atoms with Crippen LogP contribution in [0.2, 0.25) is 0 Å². The molecule has 16 heavy (non-hydrogen) atoms. The van der Waals surface area contributed by atoms with Crippen molar-refractivity contribution < 1.29 is 4.39 Å². The SMILES string of the molecule is CNC(CC1CC1)c1cc(C)c(F)c(C)c1. The lowest BCUT2D eigenvalue weighted by atomic mass is 9.97. The first-order chi connectivity index (χ1) is 7.61. The summed E-state index contributed by atoms with van der Waals surface area (Å²) in [5.74, 6) is 0.813. The molecule has 1 nitrogen and oxygen atoms in total. The zero-order valence-electron chi connectivity index (χ0n) is 10.3. The van der Waals surface area contributed by atoms with Gasteiger partial charge in [-0.25, -0.2) is 4.39 Å². The van der Waals surface area contributed by atoms with E-state index >= 15 is 0 Å². The van der Waals surface area contributed by atoms with E-state index in [-0.39, 0.29) is 5.82 Å². The van der Waals surface area contributed by atoms with Crippen LogP contribution in [-0.4, -0.2) is 7.05 Å². The maximum absolute atomic E-state index is 13.5. The normalized spacial score (nSPS) is 17.5. The van der Waals surface area contributed by atoms with Crippen molar-refractivity contribution in [1.82, 2.24) is 5.32 Å². The van der Waals surface area contributed by atoms with Gasteiger partial charge in [0.2, 0.25) is 0 Å². The maximum Gasteiger partial charge on any atom is 0.129 e. The Balaban J connectivity index is 2.22. The van der Waals surface area contributed by atoms with Gasteiger partial charge in [-0.1, -0.05) is 25.0 Å². The van der Waals surface area contributed by atoms with Gasteiger partial charge in [0.05, 0.1) is 0 Å². The molecule has 1 aromatic carbocycles. The molecule has 0 aromatic heterocycles. The van der Waals surface area contributed by atoms with Crippen molar-refractivity contribution >= 4 is 0 Å². The van der Waals surface area contributed by atoms with E-state index in [1.165, 1.54) is 24.8 Å². The smallest absolute Gasteiger partial charge is 0.129 e. The van der Waals surface area contributed by atoms with E-state index in [2.05, 4.69) is 5.32 Å². The summed E-state index contributed by atoms with van der Waals surface area (Å²) in [4.78, 5) is 0. The molecule has 1 atom stereocenters. The summed E-state index contributed by atoms with van der Waals surface area (Å²) in [6, 6.07) is 4.34. The minimum absolute atomic E-state index is 0.0648. The molecule has 1 aliphatic carbocycles. The minimum Gasteiger partial charge on any atom is -0.313 e. The number of aryl methyl sites for hydroxylation is 2. The van der Waals surface area contributed by atoms with Gasteiger partial charge in [0.15, 0.2) is 0 Å². The van der Waals surface area contributed by atoms with Gasteiger partial charge < -0.3 is 5.32 Å². The molecule has 2 rings (SSSR count). The Bertz CT molecular complexity index is 359. The van der Waals surface area contributed by atoms with Crippen LogP contribution in [0.5, 0.6) is 0 Å². The highest BCUT2D eigenvalue weighted by molar-refractivity contribution is 5.32. The van der Waals surface area contributed by atoms with Crippen molar-refractivity contribution in [2.45, 2.75) is 39.2 Å². The van der Waals surface area contributed by atoms with Crippen LogP contribution in [0.25, 0.3) is 0 Å². The van der Waals surface area contributed by atoms with Gasteiger partial charge >= 0.3 is 0 Å². The molecule has 1 fully saturated rings. The van der Waals surface area contributed by atoms with Crippen molar-refractivity contribution in [1.29, 1.82) is 0 Å².